The first-order chi connectivity index (χ1) is 9.33. The molecule has 3 rings (SSSR count). The predicted octanol–water partition coefficient (Wildman–Crippen LogP) is 3.67. The Morgan fingerprint density at radius 2 is 2.11 bits per heavy atom. The minimum absolute atomic E-state index is 0.429. The summed E-state index contributed by atoms with van der Waals surface area (Å²) in [5, 5.41) is 3.90. The van der Waals surface area contributed by atoms with E-state index in [1.807, 2.05) is 24.3 Å². The van der Waals surface area contributed by atoms with Crippen LogP contribution in [0.15, 0.2) is 36.4 Å². The summed E-state index contributed by atoms with van der Waals surface area (Å²) in [5.41, 5.74) is 3.28. The van der Waals surface area contributed by atoms with Crippen molar-refractivity contribution in [2.75, 3.05) is 11.9 Å². The van der Waals surface area contributed by atoms with Gasteiger partial charge < -0.3 is 10.1 Å². The average molecular weight is 275 g/mol. The van der Waals surface area contributed by atoms with Gasteiger partial charge in [-0.15, -0.1) is 0 Å². The summed E-state index contributed by atoms with van der Waals surface area (Å²) in [6.07, 6.45) is 2.28. The van der Waals surface area contributed by atoms with Gasteiger partial charge in [-0.1, -0.05) is 29.8 Å². The Balaban J connectivity index is 1.77. The Morgan fingerprint density at radius 1 is 1.21 bits per heavy atom. The molecule has 4 heteroatoms. The first-order valence-corrected chi connectivity index (χ1v) is 6.81. The number of anilines is 1. The lowest BCUT2D eigenvalue weighted by molar-refractivity contribution is 0.302. The molecular weight excluding hydrogens is 260 g/mol. The molecule has 0 radical (unpaired) electrons. The highest BCUT2D eigenvalue weighted by molar-refractivity contribution is 6.29. The number of aryl methyl sites for hydroxylation is 1. The van der Waals surface area contributed by atoms with Crippen LogP contribution in [0.5, 0.6) is 5.75 Å². The minimum atomic E-state index is 0.429. The van der Waals surface area contributed by atoms with E-state index in [4.69, 9.17) is 16.3 Å². The van der Waals surface area contributed by atoms with Crippen molar-refractivity contribution in [3.8, 4) is 5.75 Å². The highest BCUT2D eigenvalue weighted by Gasteiger charge is 2.13. The van der Waals surface area contributed by atoms with Crippen LogP contribution < -0.4 is 10.1 Å². The molecule has 0 atom stereocenters. The lowest BCUT2D eigenvalue weighted by Crippen LogP contribution is -2.13. The normalized spacial score (nSPS) is 13.5. The maximum absolute atomic E-state index is 5.86. The molecule has 0 saturated carbocycles. The highest BCUT2D eigenvalue weighted by atomic mass is 35.5. The van der Waals surface area contributed by atoms with E-state index < -0.39 is 0 Å². The maximum atomic E-state index is 5.86. The number of hydrogen-bond acceptors (Lipinski definition) is 3. The quantitative estimate of drug-likeness (QED) is 0.867. The molecule has 1 aliphatic rings. The number of fused-ring (bicyclic) bond motifs is 1. The summed E-state index contributed by atoms with van der Waals surface area (Å²) in [7, 11) is 0. The van der Waals surface area contributed by atoms with Crippen molar-refractivity contribution in [1.82, 2.24) is 4.98 Å². The molecular formula is C15H15ClN2O. The summed E-state index contributed by atoms with van der Waals surface area (Å²) < 4.78 is 5.86. The zero-order chi connectivity index (χ0) is 13.1. The van der Waals surface area contributed by atoms with E-state index in [1.54, 1.807) is 6.07 Å². The van der Waals surface area contributed by atoms with Crippen LogP contribution in [0.1, 0.15) is 17.7 Å². The SMILES string of the molecule is Clc1cccc(COc2cccc3c2NCCC3)n1. The third-order valence-electron chi connectivity index (χ3n) is 3.19. The molecule has 0 amide bonds. The van der Waals surface area contributed by atoms with E-state index in [0.29, 0.717) is 11.8 Å². The molecule has 1 aromatic carbocycles. The second-order valence-corrected chi connectivity index (χ2v) is 4.95. The van der Waals surface area contributed by atoms with Gasteiger partial charge in [0.15, 0.2) is 0 Å². The molecule has 98 valence electrons. The van der Waals surface area contributed by atoms with Crippen molar-refractivity contribution in [2.45, 2.75) is 19.4 Å². The standard InChI is InChI=1S/C15H15ClN2O/c16-14-8-2-6-12(18-14)10-19-13-7-1-4-11-5-3-9-17-15(11)13/h1-2,4,6-8,17H,3,5,9-10H2. The summed E-state index contributed by atoms with van der Waals surface area (Å²) in [4.78, 5) is 4.22. The van der Waals surface area contributed by atoms with E-state index >= 15 is 0 Å². The molecule has 2 aromatic rings. The smallest absolute Gasteiger partial charge is 0.143 e. The van der Waals surface area contributed by atoms with Crippen molar-refractivity contribution in [1.29, 1.82) is 0 Å². The van der Waals surface area contributed by atoms with Gasteiger partial charge in [-0.25, -0.2) is 4.98 Å². The molecule has 0 aliphatic carbocycles. The number of halogens is 1. The molecule has 0 bridgehead atoms. The summed E-state index contributed by atoms with van der Waals surface area (Å²) in [5.74, 6) is 0.888. The van der Waals surface area contributed by atoms with Crippen LogP contribution in [0.4, 0.5) is 5.69 Å². The number of aromatic nitrogens is 1. The minimum Gasteiger partial charge on any atom is -0.485 e. The van der Waals surface area contributed by atoms with E-state index in [2.05, 4.69) is 16.4 Å². The van der Waals surface area contributed by atoms with Gasteiger partial charge >= 0.3 is 0 Å². The Hall–Kier alpha value is -1.74. The van der Waals surface area contributed by atoms with Gasteiger partial charge in [0.25, 0.3) is 0 Å². The molecule has 0 unspecified atom stereocenters. The summed E-state index contributed by atoms with van der Waals surface area (Å²) >= 11 is 5.86. The van der Waals surface area contributed by atoms with E-state index in [9.17, 15) is 0 Å². The second kappa shape index (κ2) is 5.49. The fraction of sp³-hybridized carbons (Fsp3) is 0.267. The van der Waals surface area contributed by atoms with E-state index in [0.717, 1.165) is 30.1 Å². The zero-order valence-electron chi connectivity index (χ0n) is 10.5. The largest absolute Gasteiger partial charge is 0.485 e. The first kappa shape index (κ1) is 12.3. The number of benzene rings is 1. The fourth-order valence-electron chi connectivity index (χ4n) is 2.28. The average Bonchev–Trinajstić information content (AvgIpc) is 2.45. The number of nitrogens with one attached hydrogen (secondary N) is 1. The van der Waals surface area contributed by atoms with Gasteiger partial charge in [-0.2, -0.15) is 0 Å². The van der Waals surface area contributed by atoms with Crippen molar-refractivity contribution < 1.29 is 4.74 Å². The third-order valence-corrected chi connectivity index (χ3v) is 3.40. The maximum Gasteiger partial charge on any atom is 0.143 e. The van der Waals surface area contributed by atoms with Crippen molar-refractivity contribution >= 4 is 17.3 Å². The molecule has 19 heavy (non-hydrogen) atoms. The Labute approximate surface area is 117 Å². The van der Waals surface area contributed by atoms with Crippen molar-refractivity contribution in [3.63, 3.8) is 0 Å². The van der Waals surface area contributed by atoms with Gasteiger partial charge in [0.05, 0.1) is 11.4 Å². The molecule has 0 spiro atoms. The van der Waals surface area contributed by atoms with Gasteiger partial charge in [-0.05, 0) is 36.6 Å². The van der Waals surface area contributed by atoms with Gasteiger partial charge in [0, 0.05) is 6.54 Å². The van der Waals surface area contributed by atoms with Crippen LogP contribution in [0, 0.1) is 0 Å². The Morgan fingerprint density at radius 3 is 3.00 bits per heavy atom. The number of nitrogens with zero attached hydrogens (tertiary/aromatic N) is 1. The van der Waals surface area contributed by atoms with Crippen LogP contribution >= 0.6 is 11.6 Å². The first-order valence-electron chi connectivity index (χ1n) is 6.43. The number of rotatable bonds is 3. The van der Waals surface area contributed by atoms with Crippen LogP contribution in [-0.2, 0) is 13.0 Å². The van der Waals surface area contributed by atoms with Gasteiger partial charge in [0.2, 0.25) is 0 Å². The fourth-order valence-corrected chi connectivity index (χ4v) is 2.46. The second-order valence-electron chi connectivity index (χ2n) is 4.56. The van der Waals surface area contributed by atoms with Gasteiger partial charge in [0.1, 0.15) is 17.5 Å². The Kier molecular flexibility index (Phi) is 3.56. The van der Waals surface area contributed by atoms with Crippen LogP contribution in [-0.4, -0.2) is 11.5 Å². The molecule has 0 fully saturated rings. The summed E-state index contributed by atoms with van der Waals surface area (Å²) in [6, 6.07) is 11.7. The third kappa shape index (κ3) is 2.82. The Bertz CT molecular complexity index is 586. The molecule has 2 heterocycles. The number of ether oxygens (including phenoxy) is 1. The van der Waals surface area contributed by atoms with E-state index in [1.165, 1.54) is 12.0 Å². The lowest BCUT2D eigenvalue weighted by atomic mass is 10.0. The monoisotopic (exact) mass is 274 g/mol. The summed E-state index contributed by atoms with van der Waals surface area (Å²) in [6.45, 7) is 1.43. The number of para-hydroxylation sites is 1. The number of hydrogen-bond donors (Lipinski definition) is 1. The van der Waals surface area contributed by atoms with Crippen LogP contribution in [0.2, 0.25) is 5.15 Å². The predicted molar refractivity (Wildman–Crippen MR) is 76.8 cm³/mol. The lowest BCUT2D eigenvalue weighted by Gasteiger charge is -2.21. The van der Waals surface area contributed by atoms with Crippen LogP contribution in [0.3, 0.4) is 0 Å². The molecule has 1 N–H and O–H groups in total. The van der Waals surface area contributed by atoms with Crippen LogP contribution in [0.25, 0.3) is 0 Å². The molecule has 0 saturated heterocycles. The molecule has 1 aliphatic heterocycles. The van der Waals surface area contributed by atoms with Gasteiger partial charge in [-0.3, -0.25) is 0 Å². The van der Waals surface area contributed by atoms with Crippen molar-refractivity contribution in [2.24, 2.45) is 0 Å². The highest BCUT2D eigenvalue weighted by Crippen LogP contribution is 2.32. The molecule has 1 aromatic heterocycles. The van der Waals surface area contributed by atoms with Crippen molar-refractivity contribution in [3.05, 3.63) is 52.8 Å². The number of pyridine rings is 1. The topological polar surface area (TPSA) is 34.1 Å². The van der Waals surface area contributed by atoms with E-state index in [-0.39, 0.29) is 0 Å². The molecule has 3 nitrogen and oxygen atoms in total. The zero-order valence-corrected chi connectivity index (χ0v) is 11.3.